The van der Waals surface area contributed by atoms with Crippen LogP contribution in [0.1, 0.15) is 30.9 Å². The molecular weight excluding hydrogens is 224 g/mol. The first-order valence-corrected chi connectivity index (χ1v) is 6.62. The van der Waals surface area contributed by atoms with Gasteiger partial charge in [0.15, 0.2) is 0 Å². The Hall–Kier alpha value is -1.35. The van der Waals surface area contributed by atoms with Gasteiger partial charge in [0.1, 0.15) is 0 Å². The van der Waals surface area contributed by atoms with E-state index in [-0.39, 0.29) is 11.9 Å². The van der Waals surface area contributed by atoms with E-state index in [1.54, 1.807) is 0 Å². The molecule has 0 saturated heterocycles. The molecule has 1 atom stereocenters. The van der Waals surface area contributed by atoms with Crippen molar-refractivity contribution in [1.29, 1.82) is 0 Å². The van der Waals surface area contributed by atoms with Gasteiger partial charge in [0, 0.05) is 12.6 Å². The van der Waals surface area contributed by atoms with E-state index in [1.807, 2.05) is 14.0 Å². The van der Waals surface area contributed by atoms with E-state index in [4.69, 9.17) is 0 Å². The summed E-state index contributed by atoms with van der Waals surface area (Å²) in [7, 11) is 2.00. The van der Waals surface area contributed by atoms with Gasteiger partial charge in [-0.15, -0.1) is 0 Å². The van der Waals surface area contributed by atoms with Crippen LogP contribution in [0.5, 0.6) is 0 Å². The molecule has 0 heterocycles. The minimum absolute atomic E-state index is 0.0769. The standard InChI is InChI=1S/C15H22N2O/c1-11-4-6-13(7-5-11)10-17(3)12(2)15(18)16-14-8-9-14/h4-7,12,14H,8-10H2,1-3H3,(H,16,18). The third-order valence-electron chi connectivity index (χ3n) is 3.52. The minimum atomic E-state index is -0.0769. The molecule has 1 aliphatic rings. The number of amides is 1. The highest BCUT2D eigenvalue weighted by atomic mass is 16.2. The first-order valence-electron chi connectivity index (χ1n) is 6.62. The number of rotatable bonds is 5. The van der Waals surface area contributed by atoms with Gasteiger partial charge in [-0.3, -0.25) is 9.69 Å². The van der Waals surface area contributed by atoms with Crippen molar-refractivity contribution in [3.63, 3.8) is 0 Å². The van der Waals surface area contributed by atoms with Crippen LogP contribution >= 0.6 is 0 Å². The molecule has 0 aliphatic heterocycles. The molecule has 1 aromatic rings. The Morgan fingerprint density at radius 1 is 1.39 bits per heavy atom. The monoisotopic (exact) mass is 246 g/mol. The Morgan fingerprint density at radius 3 is 2.56 bits per heavy atom. The zero-order chi connectivity index (χ0) is 13.1. The van der Waals surface area contributed by atoms with Crippen LogP contribution < -0.4 is 5.32 Å². The van der Waals surface area contributed by atoms with Gasteiger partial charge in [-0.25, -0.2) is 0 Å². The van der Waals surface area contributed by atoms with Gasteiger partial charge in [0.2, 0.25) is 5.91 Å². The van der Waals surface area contributed by atoms with E-state index >= 15 is 0 Å². The average Bonchev–Trinajstić information content (AvgIpc) is 3.15. The largest absolute Gasteiger partial charge is 0.352 e. The molecule has 98 valence electrons. The minimum Gasteiger partial charge on any atom is -0.352 e. The second-order valence-corrected chi connectivity index (χ2v) is 5.36. The fourth-order valence-corrected chi connectivity index (χ4v) is 1.87. The van der Waals surface area contributed by atoms with Gasteiger partial charge in [0.05, 0.1) is 6.04 Å². The first kappa shape index (κ1) is 13.1. The third kappa shape index (κ3) is 3.57. The smallest absolute Gasteiger partial charge is 0.237 e. The number of aryl methyl sites for hydroxylation is 1. The molecule has 2 rings (SSSR count). The van der Waals surface area contributed by atoms with Crippen LogP contribution in [-0.4, -0.2) is 29.9 Å². The number of benzene rings is 1. The topological polar surface area (TPSA) is 32.3 Å². The van der Waals surface area contributed by atoms with Gasteiger partial charge in [-0.05, 0) is 39.3 Å². The van der Waals surface area contributed by atoms with Crippen LogP contribution in [0.4, 0.5) is 0 Å². The molecule has 1 aliphatic carbocycles. The van der Waals surface area contributed by atoms with E-state index in [0.29, 0.717) is 6.04 Å². The second-order valence-electron chi connectivity index (χ2n) is 5.36. The number of nitrogens with one attached hydrogen (secondary N) is 1. The van der Waals surface area contributed by atoms with Crippen molar-refractivity contribution < 1.29 is 4.79 Å². The summed E-state index contributed by atoms with van der Waals surface area (Å²) >= 11 is 0. The normalized spacial score (nSPS) is 16.7. The van der Waals surface area contributed by atoms with Crippen molar-refractivity contribution in [2.75, 3.05) is 7.05 Å². The lowest BCUT2D eigenvalue weighted by atomic mass is 10.1. The van der Waals surface area contributed by atoms with Gasteiger partial charge in [0.25, 0.3) is 0 Å². The number of carbonyl (C=O) groups excluding carboxylic acids is 1. The fraction of sp³-hybridized carbons (Fsp3) is 0.533. The van der Waals surface area contributed by atoms with Crippen molar-refractivity contribution >= 4 is 5.91 Å². The summed E-state index contributed by atoms with van der Waals surface area (Å²) in [5, 5.41) is 3.05. The quantitative estimate of drug-likeness (QED) is 0.863. The predicted octanol–water partition coefficient (Wildman–Crippen LogP) is 2.09. The summed E-state index contributed by atoms with van der Waals surface area (Å²) in [6.45, 7) is 4.85. The Kier molecular flexibility index (Phi) is 4.02. The maximum Gasteiger partial charge on any atom is 0.237 e. The molecular formula is C15H22N2O. The Bertz CT molecular complexity index is 409. The van der Waals surface area contributed by atoms with Crippen molar-refractivity contribution in [2.24, 2.45) is 0 Å². The van der Waals surface area contributed by atoms with Crippen molar-refractivity contribution in [3.8, 4) is 0 Å². The molecule has 1 unspecified atom stereocenters. The summed E-state index contributed by atoms with van der Waals surface area (Å²) in [5.41, 5.74) is 2.51. The highest BCUT2D eigenvalue weighted by molar-refractivity contribution is 5.81. The van der Waals surface area contributed by atoms with E-state index in [0.717, 1.165) is 19.4 Å². The Labute approximate surface area is 109 Å². The van der Waals surface area contributed by atoms with E-state index in [9.17, 15) is 4.79 Å². The Morgan fingerprint density at radius 2 is 2.00 bits per heavy atom. The molecule has 1 amide bonds. The van der Waals surface area contributed by atoms with E-state index < -0.39 is 0 Å². The van der Waals surface area contributed by atoms with Crippen molar-refractivity contribution in [2.45, 2.75) is 45.3 Å². The predicted molar refractivity (Wildman–Crippen MR) is 73.3 cm³/mol. The molecule has 3 heteroatoms. The van der Waals surface area contributed by atoms with Crippen LogP contribution in [0.3, 0.4) is 0 Å². The molecule has 1 N–H and O–H groups in total. The zero-order valence-corrected chi connectivity index (χ0v) is 11.4. The summed E-state index contributed by atoms with van der Waals surface area (Å²) in [6.07, 6.45) is 2.28. The number of hydrogen-bond acceptors (Lipinski definition) is 2. The summed E-state index contributed by atoms with van der Waals surface area (Å²) in [4.78, 5) is 14.0. The van der Waals surface area contributed by atoms with Gasteiger partial charge >= 0.3 is 0 Å². The average molecular weight is 246 g/mol. The molecule has 0 aromatic heterocycles. The van der Waals surface area contributed by atoms with Gasteiger partial charge in [-0.2, -0.15) is 0 Å². The first-order chi connectivity index (χ1) is 8.56. The van der Waals surface area contributed by atoms with E-state index in [1.165, 1.54) is 11.1 Å². The lowest BCUT2D eigenvalue weighted by Gasteiger charge is -2.24. The van der Waals surface area contributed by atoms with Gasteiger partial charge < -0.3 is 5.32 Å². The van der Waals surface area contributed by atoms with Gasteiger partial charge in [-0.1, -0.05) is 29.8 Å². The molecule has 0 spiro atoms. The van der Waals surface area contributed by atoms with Crippen LogP contribution in [0.15, 0.2) is 24.3 Å². The van der Waals surface area contributed by atoms with Crippen molar-refractivity contribution in [3.05, 3.63) is 35.4 Å². The molecule has 0 radical (unpaired) electrons. The van der Waals surface area contributed by atoms with Crippen LogP contribution in [-0.2, 0) is 11.3 Å². The molecule has 3 nitrogen and oxygen atoms in total. The Balaban J connectivity index is 1.87. The molecule has 1 saturated carbocycles. The fourth-order valence-electron chi connectivity index (χ4n) is 1.87. The maximum absolute atomic E-state index is 11.9. The number of carbonyl (C=O) groups is 1. The zero-order valence-electron chi connectivity index (χ0n) is 11.4. The number of nitrogens with zero attached hydrogens (tertiary/aromatic N) is 1. The SMILES string of the molecule is Cc1ccc(CN(C)C(C)C(=O)NC2CC2)cc1. The lowest BCUT2D eigenvalue weighted by Crippen LogP contribution is -2.43. The second kappa shape index (κ2) is 5.53. The van der Waals surface area contributed by atoms with Crippen LogP contribution in [0.25, 0.3) is 0 Å². The summed E-state index contributed by atoms with van der Waals surface area (Å²) < 4.78 is 0. The van der Waals surface area contributed by atoms with Crippen LogP contribution in [0.2, 0.25) is 0 Å². The third-order valence-corrected chi connectivity index (χ3v) is 3.52. The molecule has 18 heavy (non-hydrogen) atoms. The highest BCUT2D eigenvalue weighted by Crippen LogP contribution is 2.19. The number of likely N-dealkylation sites (N-methyl/N-ethyl adjacent to an activating group) is 1. The summed E-state index contributed by atoms with van der Waals surface area (Å²) in [5.74, 6) is 0.145. The number of hydrogen-bond donors (Lipinski definition) is 1. The lowest BCUT2D eigenvalue weighted by molar-refractivity contribution is -0.125. The summed E-state index contributed by atoms with van der Waals surface area (Å²) in [6, 6.07) is 8.82. The highest BCUT2D eigenvalue weighted by Gasteiger charge is 2.27. The maximum atomic E-state index is 11.9. The molecule has 1 aromatic carbocycles. The van der Waals surface area contributed by atoms with E-state index in [2.05, 4.69) is 41.4 Å². The van der Waals surface area contributed by atoms with Crippen molar-refractivity contribution in [1.82, 2.24) is 10.2 Å². The molecule has 0 bridgehead atoms. The van der Waals surface area contributed by atoms with Crippen LogP contribution in [0, 0.1) is 6.92 Å². The molecule has 1 fully saturated rings.